The van der Waals surface area contributed by atoms with Crippen LogP contribution in [0.5, 0.6) is 6.01 Å². The lowest BCUT2D eigenvalue weighted by Crippen LogP contribution is -2.24. The van der Waals surface area contributed by atoms with E-state index in [4.69, 9.17) is 14.5 Å². The van der Waals surface area contributed by atoms with Gasteiger partial charge in [-0.25, -0.2) is 14.8 Å². The highest BCUT2D eigenvalue weighted by molar-refractivity contribution is 5.97. The normalized spacial score (nSPS) is 11.6. The summed E-state index contributed by atoms with van der Waals surface area (Å²) in [5.74, 6) is 0.667. The average Bonchev–Trinajstić information content (AvgIpc) is 3.18. The van der Waals surface area contributed by atoms with Crippen LogP contribution in [0.4, 0.5) is 0 Å². The topological polar surface area (TPSA) is 79.1 Å². The zero-order chi connectivity index (χ0) is 25.0. The Hall–Kier alpha value is -3.74. The van der Waals surface area contributed by atoms with E-state index in [1.807, 2.05) is 57.2 Å². The number of methoxy groups -OCH3 is 1. The highest BCUT2D eigenvalue weighted by Gasteiger charge is 2.21. The first-order valence-electron chi connectivity index (χ1n) is 12.0. The van der Waals surface area contributed by atoms with Crippen LogP contribution in [0.15, 0.2) is 54.7 Å². The first kappa shape index (κ1) is 24.4. The van der Waals surface area contributed by atoms with Crippen molar-refractivity contribution >= 4 is 17.1 Å². The fourth-order valence-electron chi connectivity index (χ4n) is 3.96. The number of hydrogen-bond acceptors (Lipinski definition) is 6. The Balaban J connectivity index is 1.64. The molecule has 0 N–H and O–H groups in total. The van der Waals surface area contributed by atoms with E-state index in [9.17, 15) is 4.79 Å². The van der Waals surface area contributed by atoms with Gasteiger partial charge >= 0.3 is 12.0 Å². The standard InChI is InChI=1S/C28H32N4O3/c1-6-7-12-24-30-23-17-29-27(34-5)31-25(23)32(24)18-19-13-15-20(16-14-19)21-10-8-9-11-22(21)26(33)35-28(2,3)4/h8-11,13-17H,6-7,12,18H2,1-5H3. The van der Waals surface area contributed by atoms with Crippen molar-refractivity contribution in [3.8, 4) is 17.1 Å². The first-order chi connectivity index (χ1) is 16.8. The molecule has 4 aromatic rings. The zero-order valence-corrected chi connectivity index (χ0v) is 21.0. The van der Waals surface area contributed by atoms with Crippen molar-refractivity contribution in [3.63, 3.8) is 0 Å². The third kappa shape index (κ3) is 5.67. The number of fused-ring (bicyclic) bond motifs is 1. The Labute approximate surface area is 206 Å². The molecule has 0 saturated carbocycles. The van der Waals surface area contributed by atoms with Crippen molar-refractivity contribution in [3.05, 3.63) is 71.7 Å². The van der Waals surface area contributed by atoms with Gasteiger partial charge in [0, 0.05) is 6.42 Å². The average molecular weight is 473 g/mol. The molecule has 2 heterocycles. The van der Waals surface area contributed by atoms with Gasteiger partial charge in [-0.15, -0.1) is 0 Å². The number of carbonyl (C=O) groups excluding carboxylic acids is 1. The van der Waals surface area contributed by atoms with E-state index in [0.29, 0.717) is 18.1 Å². The fraction of sp³-hybridized carbons (Fsp3) is 0.357. The molecule has 35 heavy (non-hydrogen) atoms. The minimum absolute atomic E-state index is 0.323. The van der Waals surface area contributed by atoms with Crippen molar-refractivity contribution in [2.75, 3.05) is 7.11 Å². The summed E-state index contributed by atoms with van der Waals surface area (Å²) in [5.41, 5.74) is 4.45. The van der Waals surface area contributed by atoms with Crippen LogP contribution in [0.3, 0.4) is 0 Å². The summed E-state index contributed by atoms with van der Waals surface area (Å²) >= 11 is 0. The minimum atomic E-state index is -0.552. The second-order valence-corrected chi connectivity index (χ2v) is 9.53. The van der Waals surface area contributed by atoms with Crippen LogP contribution in [-0.2, 0) is 17.7 Å². The maximum atomic E-state index is 12.8. The molecule has 0 amide bonds. The minimum Gasteiger partial charge on any atom is -0.467 e. The van der Waals surface area contributed by atoms with Crippen molar-refractivity contribution in [2.24, 2.45) is 0 Å². The smallest absolute Gasteiger partial charge is 0.339 e. The molecule has 7 heteroatoms. The number of aromatic nitrogens is 4. The molecule has 0 atom stereocenters. The Morgan fingerprint density at radius 1 is 1.03 bits per heavy atom. The molecule has 0 unspecified atom stereocenters. The monoisotopic (exact) mass is 472 g/mol. The van der Waals surface area contributed by atoms with Gasteiger partial charge in [-0.05, 0) is 49.9 Å². The molecule has 0 saturated heterocycles. The summed E-state index contributed by atoms with van der Waals surface area (Å²) in [6.45, 7) is 8.42. The third-order valence-corrected chi connectivity index (χ3v) is 5.63. The number of hydrogen-bond donors (Lipinski definition) is 0. The highest BCUT2D eigenvalue weighted by Crippen LogP contribution is 2.27. The molecule has 2 aromatic carbocycles. The zero-order valence-electron chi connectivity index (χ0n) is 21.0. The maximum absolute atomic E-state index is 12.8. The molecular formula is C28H32N4O3. The van der Waals surface area contributed by atoms with Gasteiger partial charge < -0.3 is 14.0 Å². The molecule has 0 spiro atoms. The van der Waals surface area contributed by atoms with Gasteiger partial charge in [0.25, 0.3) is 0 Å². The molecule has 0 aliphatic rings. The van der Waals surface area contributed by atoms with Crippen LogP contribution in [0.1, 0.15) is 62.3 Å². The lowest BCUT2D eigenvalue weighted by atomic mass is 9.98. The second kappa shape index (κ2) is 10.3. The van der Waals surface area contributed by atoms with Gasteiger partial charge in [-0.3, -0.25) is 0 Å². The van der Waals surface area contributed by atoms with E-state index in [1.54, 1.807) is 13.3 Å². The number of imidazole rings is 1. The molecule has 0 aliphatic heterocycles. The van der Waals surface area contributed by atoms with E-state index in [0.717, 1.165) is 52.9 Å². The van der Waals surface area contributed by atoms with Gasteiger partial charge in [-0.1, -0.05) is 55.8 Å². The number of unbranched alkanes of at least 4 members (excludes halogenated alkanes) is 1. The Morgan fingerprint density at radius 3 is 2.46 bits per heavy atom. The highest BCUT2D eigenvalue weighted by atomic mass is 16.6. The lowest BCUT2D eigenvalue weighted by molar-refractivity contribution is 0.00704. The molecule has 2 aromatic heterocycles. The molecule has 0 radical (unpaired) electrons. The van der Waals surface area contributed by atoms with E-state index in [-0.39, 0.29) is 5.97 Å². The predicted molar refractivity (Wildman–Crippen MR) is 137 cm³/mol. The van der Waals surface area contributed by atoms with Gasteiger partial charge in [0.2, 0.25) is 0 Å². The number of nitrogens with zero attached hydrogens (tertiary/aromatic N) is 4. The summed E-state index contributed by atoms with van der Waals surface area (Å²) in [5, 5.41) is 0. The van der Waals surface area contributed by atoms with Crippen molar-refractivity contribution < 1.29 is 14.3 Å². The number of carbonyl (C=O) groups is 1. The number of aryl methyl sites for hydroxylation is 1. The van der Waals surface area contributed by atoms with E-state index >= 15 is 0 Å². The number of benzene rings is 2. The number of rotatable bonds is 8. The largest absolute Gasteiger partial charge is 0.467 e. The van der Waals surface area contributed by atoms with Crippen LogP contribution in [0, 0.1) is 0 Å². The van der Waals surface area contributed by atoms with E-state index in [2.05, 4.69) is 33.6 Å². The van der Waals surface area contributed by atoms with Gasteiger partial charge in [0.15, 0.2) is 5.65 Å². The van der Waals surface area contributed by atoms with Gasteiger partial charge in [-0.2, -0.15) is 4.98 Å². The molecule has 7 nitrogen and oxygen atoms in total. The van der Waals surface area contributed by atoms with Gasteiger partial charge in [0.05, 0.1) is 25.4 Å². The summed E-state index contributed by atoms with van der Waals surface area (Å²) in [6.07, 6.45) is 4.72. The van der Waals surface area contributed by atoms with Crippen molar-refractivity contribution in [1.82, 2.24) is 19.5 Å². The van der Waals surface area contributed by atoms with E-state index in [1.165, 1.54) is 0 Å². The van der Waals surface area contributed by atoms with E-state index < -0.39 is 5.60 Å². The fourth-order valence-corrected chi connectivity index (χ4v) is 3.96. The van der Waals surface area contributed by atoms with Crippen molar-refractivity contribution in [2.45, 2.75) is 59.1 Å². The third-order valence-electron chi connectivity index (χ3n) is 5.63. The van der Waals surface area contributed by atoms with Crippen LogP contribution < -0.4 is 4.74 Å². The van der Waals surface area contributed by atoms with Crippen LogP contribution in [-0.4, -0.2) is 38.2 Å². The van der Waals surface area contributed by atoms with Crippen molar-refractivity contribution in [1.29, 1.82) is 0 Å². The van der Waals surface area contributed by atoms with Gasteiger partial charge in [0.1, 0.15) is 16.9 Å². The molecule has 182 valence electrons. The van der Waals surface area contributed by atoms with Crippen LogP contribution >= 0.6 is 0 Å². The molecule has 0 bridgehead atoms. The van der Waals surface area contributed by atoms with Crippen LogP contribution in [0.25, 0.3) is 22.3 Å². The molecule has 4 rings (SSSR count). The quantitative estimate of drug-likeness (QED) is 0.299. The summed E-state index contributed by atoms with van der Waals surface area (Å²) < 4.78 is 13.0. The SMILES string of the molecule is CCCCc1nc2cnc(OC)nc2n1Cc1ccc(-c2ccccc2C(=O)OC(C)(C)C)cc1. The van der Waals surface area contributed by atoms with Crippen LogP contribution in [0.2, 0.25) is 0 Å². The number of esters is 1. The lowest BCUT2D eigenvalue weighted by Gasteiger charge is -2.20. The summed E-state index contributed by atoms with van der Waals surface area (Å²) in [7, 11) is 1.56. The molecule has 0 aliphatic carbocycles. The maximum Gasteiger partial charge on any atom is 0.339 e. The molecule has 0 fully saturated rings. The molecular weight excluding hydrogens is 440 g/mol. The summed E-state index contributed by atoms with van der Waals surface area (Å²) in [4.78, 5) is 26.3. The Bertz CT molecular complexity index is 1320. The first-order valence-corrected chi connectivity index (χ1v) is 12.0. The Kier molecular flexibility index (Phi) is 7.15. The summed E-state index contributed by atoms with van der Waals surface area (Å²) in [6, 6.07) is 16.1. The second-order valence-electron chi connectivity index (χ2n) is 9.53. The Morgan fingerprint density at radius 2 is 1.77 bits per heavy atom. The number of ether oxygens (including phenoxy) is 2. The predicted octanol–water partition coefficient (Wildman–Crippen LogP) is 5.85.